The van der Waals surface area contributed by atoms with Crippen LogP contribution >= 0.6 is 12.4 Å². The molecule has 5 nitrogen and oxygen atoms in total. The summed E-state index contributed by atoms with van der Waals surface area (Å²) in [6.07, 6.45) is -4.50. The molecule has 1 saturated heterocycles. The third-order valence-electron chi connectivity index (χ3n) is 4.51. The minimum Gasteiger partial charge on any atom is -0.338 e. The molecule has 0 bridgehead atoms. The topological polar surface area (TPSA) is 66.6 Å². The number of nitrogens with two attached hydrogens (primary N) is 1. The number of hydrogen-bond donors (Lipinski definition) is 1. The van der Waals surface area contributed by atoms with Gasteiger partial charge in [0, 0.05) is 31.7 Å². The molecular formula is C18H25ClF3N3O2. The van der Waals surface area contributed by atoms with Crippen LogP contribution in [0.4, 0.5) is 13.2 Å². The van der Waals surface area contributed by atoms with Crippen molar-refractivity contribution in [3.63, 3.8) is 0 Å². The number of rotatable bonds is 2. The van der Waals surface area contributed by atoms with E-state index >= 15 is 0 Å². The van der Waals surface area contributed by atoms with Gasteiger partial charge in [0.15, 0.2) is 0 Å². The number of halogens is 4. The summed E-state index contributed by atoms with van der Waals surface area (Å²) in [4.78, 5) is 28.0. The fourth-order valence-electron chi connectivity index (χ4n) is 2.71. The second-order valence-corrected chi connectivity index (χ2v) is 7.54. The fourth-order valence-corrected chi connectivity index (χ4v) is 2.71. The quantitative estimate of drug-likeness (QED) is 0.819. The van der Waals surface area contributed by atoms with E-state index in [0.717, 1.165) is 12.1 Å². The van der Waals surface area contributed by atoms with Crippen molar-refractivity contribution in [2.45, 2.75) is 33.0 Å². The van der Waals surface area contributed by atoms with Crippen molar-refractivity contribution in [3.05, 3.63) is 35.4 Å². The Morgan fingerprint density at radius 3 is 2.04 bits per heavy atom. The first kappa shape index (κ1) is 23.2. The number of hydrogen-bond acceptors (Lipinski definition) is 3. The van der Waals surface area contributed by atoms with Crippen LogP contribution in [0.2, 0.25) is 0 Å². The lowest BCUT2D eigenvalue weighted by Gasteiger charge is -2.38. The average molecular weight is 408 g/mol. The number of piperazine rings is 1. The van der Waals surface area contributed by atoms with Gasteiger partial charge in [-0.15, -0.1) is 12.4 Å². The standard InChI is InChI=1S/C18H24F3N3O2.ClH/c1-17(2,3)14(22)16(26)24-9-7-23(8-10-24)15(25)12-5-4-6-13(11-12)18(19,20)21;/h4-6,11,14H,7-10,22H2,1-3H3;1H/t14-;/m1./s1. The Morgan fingerprint density at radius 2 is 1.56 bits per heavy atom. The summed E-state index contributed by atoms with van der Waals surface area (Å²) in [5.74, 6) is -0.646. The second kappa shape index (κ2) is 8.48. The van der Waals surface area contributed by atoms with Gasteiger partial charge in [0.05, 0.1) is 11.6 Å². The summed E-state index contributed by atoms with van der Waals surface area (Å²) >= 11 is 0. The van der Waals surface area contributed by atoms with Gasteiger partial charge in [-0.25, -0.2) is 0 Å². The lowest BCUT2D eigenvalue weighted by molar-refractivity contribution is -0.138. The van der Waals surface area contributed by atoms with Crippen LogP contribution in [0.25, 0.3) is 0 Å². The zero-order valence-electron chi connectivity index (χ0n) is 15.5. The van der Waals surface area contributed by atoms with E-state index in [1.807, 2.05) is 20.8 Å². The van der Waals surface area contributed by atoms with Gasteiger partial charge >= 0.3 is 6.18 Å². The van der Waals surface area contributed by atoms with Gasteiger partial charge in [-0.2, -0.15) is 13.2 Å². The summed E-state index contributed by atoms with van der Waals surface area (Å²) in [6, 6.07) is 3.73. The van der Waals surface area contributed by atoms with Crippen LogP contribution in [-0.4, -0.2) is 53.8 Å². The number of carbonyl (C=O) groups excluding carboxylic acids is 2. The van der Waals surface area contributed by atoms with Crippen molar-refractivity contribution >= 4 is 24.2 Å². The number of alkyl halides is 3. The highest BCUT2D eigenvalue weighted by atomic mass is 35.5. The van der Waals surface area contributed by atoms with Crippen molar-refractivity contribution < 1.29 is 22.8 Å². The highest BCUT2D eigenvalue weighted by Crippen LogP contribution is 2.30. The highest BCUT2D eigenvalue weighted by Gasteiger charge is 2.34. The monoisotopic (exact) mass is 407 g/mol. The summed E-state index contributed by atoms with van der Waals surface area (Å²) < 4.78 is 38.4. The molecular weight excluding hydrogens is 383 g/mol. The van der Waals surface area contributed by atoms with Gasteiger partial charge in [0.2, 0.25) is 5.91 Å². The Hall–Kier alpha value is -1.80. The van der Waals surface area contributed by atoms with Crippen molar-refractivity contribution in [1.29, 1.82) is 0 Å². The first-order valence-corrected chi connectivity index (χ1v) is 8.42. The first-order chi connectivity index (χ1) is 11.9. The molecule has 152 valence electrons. The molecule has 27 heavy (non-hydrogen) atoms. The Bertz CT molecular complexity index is 681. The van der Waals surface area contributed by atoms with E-state index in [0.29, 0.717) is 13.1 Å². The third kappa shape index (κ3) is 5.59. The Morgan fingerprint density at radius 1 is 1.04 bits per heavy atom. The summed E-state index contributed by atoms with van der Waals surface area (Å²) in [5.41, 5.74) is 4.76. The molecule has 0 aliphatic carbocycles. The predicted molar refractivity (Wildman–Crippen MR) is 98.6 cm³/mol. The van der Waals surface area contributed by atoms with Crippen LogP contribution in [0.3, 0.4) is 0 Å². The van der Waals surface area contributed by atoms with Crippen molar-refractivity contribution in [2.75, 3.05) is 26.2 Å². The number of benzene rings is 1. The molecule has 9 heteroatoms. The van der Waals surface area contributed by atoms with E-state index in [4.69, 9.17) is 5.73 Å². The number of nitrogens with zero attached hydrogens (tertiary/aromatic N) is 2. The normalized spacial score (nSPS) is 16.6. The first-order valence-electron chi connectivity index (χ1n) is 8.42. The summed E-state index contributed by atoms with van der Waals surface area (Å²) in [6.45, 7) is 6.78. The molecule has 0 aromatic heterocycles. The van der Waals surface area contributed by atoms with Gasteiger partial charge in [-0.05, 0) is 23.6 Å². The summed E-state index contributed by atoms with van der Waals surface area (Å²) in [7, 11) is 0. The van der Waals surface area contributed by atoms with Crippen molar-refractivity contribution in [2.24, 2.45) is 11.1 Å². The molecule has 1 heterocycles. The Kier molecular flexibility index (Phi) is 7.30. The molecule has 0 unspecified atom stereocenters. The van der Waals surface area contributed by atoms with Crippen molar-refractivity contribution in [3.8, 4) is 0 Å². The SMILES string of the molecule is CC(C)(C)[C@H](N)C(=O)N1CCN(C(=O)c2cccc(C(F)(F)F)c2)CC1.Cl. The lowest BCUT2D eigenvalue weighted by Crippen LogP contribution is -2.56. The van der Waals surface area contributed by atoms with Gasteiger partial charge < -0.3 is 15.5 Å². The second-order valence-electron chi connectivity index (χ2n) is 7.54. The van der Waals surface area contributed by atoms with Crippen LogP contribution in [0.1, 0.15) is 36.7 Å². The minimum atomic E-state index is -4.50. The van der Waals surface area contributed by atoms with Crippen LogP contribution < -0.4 is 5.73 Å². The molecule has 0 spiro atoms. The molecule has 2 amide bonds. The molecule has 1 aromatic rings. The molecule has 1 atom stereocenters. The zero-order chi connectivity index (χ0) is 19.7. The maximum absolute atomic E-state index is 12.8. The molecule has 0 radical (unpaired) electrons. The number of amides is 2. The minimum absolute atomic E-state index is 0. The van der Waals surface area contributed by atoms with Gasteiger partial charge in [-0.3, -0.25) is 9.59 Å². The van der Waals surface area contributed by atoms with E-state index in [9.17, 15) is 22.8 Å². The molecule has 1 aromatic carbocycles. The highest BCUT2D eigenvalue weighted by molar-refractivity contribution is 5.94. The van der Waals surface area contributed by atoms with E-state index in [-0.39, 0.29) is 42.4 Å². The van der Waals surface area contributed by atoms with Crippen LogP contribution in [-0.2, 0) is 11.0 Å². The molecule has 1 aliphatic rings. The maximum Gasteiger partial charge on any atom is 0.416 e. The van der Waals surface area contributed by atoms with E-state index in [1.54, 1.807) is 4.90 Å². The average Bonchev–Trinajstić information content (AvgIpc) is 2.58. The van der Waals surface area contributed by atoms with Gasteiger partial charge in [0.25, 0.3) is 5.91 Å². The molecule has 0 saturated carbocycles. The molecule has 2 N–H and O–H groups in total. The molecule has 1 fully saturated rings. The lowest BCUT2D eigenvalue weighted by atomic mass is 9.86. The van der Waals surface area contributed by atoms with Gasteiger partial charge in [0.1, 0.15) is 0 Å². The zero-order valence-corrected chi connectivity index (χ0v) is 16.4. The van der Waals surface area contributed by atoms with E-state index in [2.05, 4.69) is 0 Å². The Balaban J connectivity index is 0.00000364. The third-order valence-corrected chi connectivity index (χ3v) is 4.51. The smallest absolute Gasteiger partial charge is 0.338 e. The molecule has 2 rings (SSSR count). The van der Waals surface area contributed by atoms with Crippen LogP contribution in [0.5, 0.6) is 0 Å². The van der Waals surface area contributed by atoms with E-state index < -0.39 is 23.7 Å². The summed E-state index contributed by atoms with van der Waals surface area (Å²) in [5, 5.41) is 0. The van der Waals surface area contributed by atoms with Crippen LogP contribution in [0, 0.1) is 5.41 Å². The molecule has 1 aliphatic heterocycles. The number of carbonyl (C=O) groups is 2. The Labute approximate surface area is 163 Å². The van der Waals surface area contributed by atoms with Gasteiger partial charge in [-0.1, -0.05) is 26.8 Å². The largest absolute Gasteiger partial charge is 0.416 e. The maximum atomic E-state index is 12.8. The van der Waals surface area contributed by atoms with Crippen molar-refractivity contribution in [1.82, 2.24) is 9.80 Å². The van der Waals surface area contributed by atoms with Crippen LogP contribution in [0.15, 0.2) is 24.3 Å². The van der Waals surface area contributed by atoms with E-state index in [1.165, 1.54) is 17.0 Å². The fraction of sp³-hybridized carbons (Fsp3) is 0.556. The predicted octanol–water partition coefficient (Wildman–Crippen LogP) is 2.79.